The number of nitrogens with zero attached hydrogens (tertiary/aromatic N) is 2. The quantitative estimate of drug-likeness (QED) is 0.275. The van der Waals surface area contributed by atoms with E-state index in [1.165, 1.54) is 12.1 Å². The molecule has 8 heteroatoms. The zero-order valence-electron chi connectivity index (χ0n) is 19.7. The zero-order valence-corrected chi connectivity index (χ0v) is 20.5. The zero-order chi connectivity index (χ0) is 25.7. The first kappa shape index (κ1) is 25.4. The number of aliphatic hydroxyl groups excluding tert-OH is 1. The molecule has 0 bridgehead atoms. The molecule has 1 heterocycles. The summed E-state index contributed by atoms with van der Waals surface area (Å²) in [7, 11) is 0. The highest BCUT2D eigenvalue weighted by atomic mass is 35.5. The Morgan fingerprint density at radius 1 is 1.08 bits per heavy atom. The highest BCUT2D eigenvalue weighted by Crippen LogP contribution is 2.34. The molecule has 0 fully saturated rings. The smallest absolute Gasteiger partial charge is 0.307 e. The van der Waals surface area contributed by atoms with Gasteiger partial charge in [-0.25, -0.2) is 4.39 Å². The number of aliphatic hydroxyl groups is 1. The number of carbonyl (C=O) groups is 1. The standard InChI is InChI=1S/C28H26ClFN2O4/c1-2-23(33)16-32-26(20-6-4-8-22(30)14-20)15-25(31-32)24-12-18(13-28(34)35)9-10-27(24)36-17-19-5-3-7-21(29)11-19/h3-12,14-15,23,33H,2,13,16-17H2,1H3,(H,34,35)/t23-/m0/s1. The van der Waals surface area contributed by atoms with Crippen LogP contribution in [-0.4, -0.2) is 32.1 Å². The van der Waals surface area contributed by atoms with E-state index in [-0.39, 0.29) is 25.4 Å². The van der Waals surface area contributed by atoms with Crippen LogP contribution in [0.3, 0.4) is 0 Å². The lowest BCUT2D eigenvalue weighted by atomic mass is 10.0. The molecule has 0 amide bonds. The minimum atomic E-state index is -0.953. The van der Waals surface area contributed by atoms with E-state index >= 15 is 0 Å². The van der Waals surface area contributed by atoms with Crippen molar-refractivity contribution < 1.29 is 24.1 Å². The van der Waals surface area contributed by atoms with Crippen LogP contribution < -0.4 is 4.74 Å². The summed E-state index contributed by atoms with van der Waals surface area (Å²) in [5, 5.41) is 24.9. The molecule has 4 rings (SSSR count). The first-order chi connectivity index (χ1) is 17.3. The molecule has 0 spiro atoms. The number of aliphatic carboxylic acids is 1. The number of hydrogen-bond acceptors (Lipinski definition) is 4. The largest absolute Gasteiger partial charge is 0.488 e. The van der Waals surface area contributed by atoms with Crippen LogP contribution in [-0.2, 0) is 24.4 Å². The Bertz CT molecular complexity index is 1370. The number of aromatic nitrogens is 2. The van der Waals surface area contributed by atoms with Crippen molar-refractivity contribution in [3.05, 3.63) is 94.8 Å². The maximum Gasteiger partial charge on any atom is 0.307 e. The fourth-order valence-electron chi connectivity index (χ4n) is 3.87. The third-order valence-electron chi connectivity index (χ3n) is 5.71. The van der Waals surface area contributed by atoms with Gasteiger partial charge in [-0.05, 0) is 60.0 Å². The van der Waals surface area contributed by atoms with Crippen LogP contribution in [0.4, 0.5) is 4.39 Å². The van der Waals surface area contributed by atoms with E-state index in [4.69, 9.17) is 21.4 Å². The van der Waals surface area contributed by atoms with Gasteiger partial charge >= 0.3 is 5.97 Å². The first-order valence-corrected chi connectivity index (χ1v) is 11.9. The molecular weight excluding hydrogens is 483 g/mol. The first-order valence-electron chi connectivity index (χ1n) is 11.6. The molecule has 0 saturated carbocycles. The monoisotopic (exact) mass is 508 g/mol. The van der Waals surface area contributed by atoms with Gasteiger partial charge in [0.05, 0.1) is 30.5 Å². The molecule has 1 aromatic heterocycles. The molecule has 36 heavy (non-hydrogen) atoms. The van der Waals surface area contributed by atoms with E-state index < -0.39 is 12.1 Å². The third kappa shape index (κ3) is 6.30. The molecule has 3 aromatic carbocycles. The van der Waals surface area contributed by atoms with Crippen LogP contribution in [0.1, 0.15) is 24.5 Å². The lowest BCUT2D eigenvalue weighted by molar-refractivity contribution is -0.136. The van der Waals surface area contributed by atoms with Gasteiger partial charge in [-0.2, -0.15) is 5.10 Å². The summed E-state index contributed by atoms with van der Waals surface area (Å²) >= 11 is 6.09. The molecule has 0 saturated heterocycles. The molecule has 0 aliphatic heterocycles. The Kier molecular flexibility index (Phi) is 8.03. The van der Waals surface area contributed by atoms with E-state index in [0.29, 0.717) is 45.3 Å². The Labute approximate surface area is 213 Å². The minimum absolute atomic E-state index is 0.159. The van der Waals surface area contributed by atoms with Gasteiger partial charge in [-0.3, -0.25) is 9.48 Å². The Morgan fingerprint density at radius 3 is 2.61 bits per heavy atom. The fraction of sp³-hybridized carbons (Fsp3) is 0.214. The Hall–Kier alpha value is -3.68. The molecule has 0 radical (unpaired) electrons. The lowest BCUT2D eigenvalue weighted by Crippen LogP contribution is -2.16. The minimum Gasteiger partial charge on any atom is -0.488 e. The summed E-state index contributed by atoms with van der Waals surface area (Å²) in [5.74, 6) is -0.826. The summed E-state index contributed by atoms with van der Waals surface area (Å²) in [6.45, 7) is 2.34. The number of rotatable bonds is 10. The van der Waals surface area contributed by atoms with Crippen LogP contribution in [0.5, 0.6) is 5.75 Å². The SMILES string of the molecule is CC[C@H](O)Cn1nc(-c2cc(CC(=O)O)ccc2OCc2cccc(Cl)c2)cc1-c1cccc(F)c1. The normalized spacial score (nSPS) is 11.9. The maximum atomic E-state index is 14.0. The number of carboxylic acids is 1. The van der Waals surface area contributed by atoms with Gasteiger partial charge in [0, 0.05) is 16.1 Å². The Balaban J connectivity index is 1.78. The molecule has 0 aliphatic rings. The number of halogens is 2. The second kappa shape index (κ2) is 11.4. The molecule has 2 N–H and O–H groups in total. The summed E-state index contributed by atoms with van der Waals surface area (Å²) < 4.78 is 21.8. The van der Waals surface area contributed by atoms with Crippen LogP contribution in [0.2, 0.25) is 5.02 Å². The van der Waals surface area contributed by atoms with Gasteiger partial charge < -0.3 is 14.9 Å². The molecule has 4 aromatic rings. The van der Waals surface area contributed by atoms with Crippen molar-refractivity contribution in [1.29, 1.82) is 0 Å². The highest BCUT2D eigenvalue weighted by Gasteiger charge is 2.18. The third-order valence-corrected chi connectivity index (χ3v) is 5.95. The van der Waals surface area contributed by atoms with Gasteiger partial charge in [0.2, 0.25) is 0 Å². The predicted molar refractivity (Wildman–Crippen MR) is 136 cm³/mol. The van der Waals surface area contributed by atoms with E-state index in [0.717, 1.165) is 5.56 Å². The number of ether oxygens (including phenoxy) is 1. The van der Waals surface area contributed by atoms with E-state index in [9.17, 15) is 19.4 Å². The van der Waals surface area contributed by atoms with Crippen molar-refractivity contribution in [3.8, 4) is 28.3 Å². The van der Waals surface area contributed by atoms with E-state index in [2.05, 4.69) is 0 Å². The van der Waals surface area contributed by atoms with Crippen molar-refractivity contribution in [2.24, 2.45) is 0 Å². The van der Waals surface area contributed by atoms with Gasteiger partial charge in [0.1, 0.15) is 18.2 Å². The average Bonchev–Trinajstić information content (AvgIpc) is 3.26. The summed E-state index contributed by atoms with van der Waals surface area (Å²) in [6, 6.07) is 20.4. The molecule has 1 atom stereocenters. The van der Waals surface area contributed by atoms with Crippen molar-refractivity contribution in [2.75, 3.05) is 0 Å². The average molecular weight is 509 g/mol. The van der Waals surface area contributed by atoms with Crippen LogP contribution in [0.25, 0.3) is 22.5 Å². The predicted octanol–water partition coefficient (Wildman–Crippen LogP) is 5.99. The molecule has 186 valence electrons. The second-order valence-electron chi connectivity index (χ2n) is 8.49. The van der Waals surface area contributed by atoms with E-state index in [1.54, 1.807) is 47.1 Å². The molecule has 0 aliphatic carbocycles. The molecule has 0 unspecified atom stereocenters. The van der Waals surface area contributed by atoms with Crippen molar-refractivity contribution in [2.45, 2.75) is 39.0 Å². The van der Waals surface area contributed by atoms with Crippen LogP contribution in [0.15, 0.2) is 72.8 Å². The lowest BCUT2D eigenvalue weighted by Gasteiger charge is -2.13. The summed E-state index contributed by atoms with van der Waals surface area (Å²) in [6.07, 6.45) is -0.269. The number of carboxylic acid groups (broad SMARTS) is 1. The van der Waals surface area contributed by atoms with Crippen molar-refractivity contribution in [1.82, 2.24) is 9.78 Å². The fourth-order valence-corrected chi connectivity index (χ4v) is 4.08. The summed E-state index contributed by atoms with van der Waals surface area (Å²) in [5.41, 5.74) is 3.81. The van der Waals surface area contributed by atoms with Gasteiger partial charge in [-0.15, -0.1) is 0 Å². The summed E-state index contributed by atoms with van der Waals surface area (Å²) in [4.78, 5) is 11.3. The van der Waals surface area contributed by atoms with Crippen molar-refractivity contribution in [3.63, 3.8) is 0 Å². The van der Waals surface area contributed by atoms with Gasteiger partial charge in [0.25, 0.3) is 0 Å². The van der Waals surface area contributed by atoms with Crippen molar-refractivity contribution >= 4 is 17.6 Å². The maximum absolute atomic E-state index is 14.0. The topological polar surface area (TPSA) is 84.6 Å². The molecular formula is C28H26ClFN2O4. The number of hydrogen-bond donors (Lipinski definition) is 2. The van der Waals surface area contributed by atoms with Gasteiger partial charge in [-0.1, -0.05) is 48.9 Å². The second-order valence-corrected chi connectivity index (χ2v) is 8.93. The van der Waals surface area contributed by atoms with E-state index in [1.807, 2.05) is 25.1 Å². The van der Waals surface area contributed by atoms with Crippen LogP contribution in [0, 0.1) is 5.82 Å². The Morgan fingerprint density at radius 2 is 1.89 bits per heavy atom. The molecule has 6 nitrogen and oxygen atoms in total. The number of benzene rings is 3. The van der Waals surface area contributed by atoms with Gasteiger partial charge in [0.15, 0.2) is 0 Å². The van der Waals surface area contributed by atoms with Crippen LogP contribution >= 0.6 is 11.6 Å². The highest BCUT2D eigenvalue weighted by molar-refractivity contribution is 6.30.